The zero-order chi connectivity index (χ0) is 20.5. The van der Waals surface area contributed by atoms with E-state index in [4.69, 9.17) is 11.6 Å². The first kappa shape index (κ1) is 20.6. The summed E-state index contributed by atoms with van der Waals surface area (Å²) in [5, 5.41) is 0.188. The number of rotatable bonds is 5. The normalized spacial score (nSPS) is 14.9. The van der Waals surface area contributed by atoms with Crippen LogP contribution in [-0.4, -0.2) is 47.0 Å². The van der Waals surface area contributed by atoms with Crippen molar-refractivity contribution in [3.8, 4) is 0 Å². The maximum atomic E-state index is 12.7. The van der Waals surface area contributed by atoms with Crippen molar-refractivity contribution in [2.24, 2.45) is 0 Å². The van der Waals surface area contributed by atoms with Gasteiger partial charge in [0.05, 0.1) is 20.4 Å². The minimum absolute atomic E-state index is 0.0837. The van der Waals surface area contributed by atoms with Crippen LogP contribution >= 0.6 is 11.6 Å². The van der Waals surface area contributed by atoms with E-state index in [0.717, 1.165) is 19.1 Å². The number of sulfonamides is 1. The highest BCUT2D eigenvalue weighted by atomic mass is 35.5. The van der Waals surface area contributed by atoms with Gasteiger partial charge in [0.25, 0.3) is 15.9 Å². The minimum Gasteiger partial charge on any atom is -0.339 e. The number of halogens is 1. The van der Waals surface area contributed by atoms with Crippen LogP contribution in [0.5, 0.6) is 0 Å². The van der Waals surface area contributed by atoms with Crippen molar-refractivity contribution in [1.82, 2.24) is 4.90 Å². The van der Waals surface area contributed by atoms with Gasteiger partial charge in [-0.05, 0) is 55.3 Å². The molecule has 7 nitrogen and oxygen atoms in total. The zero-order valence-electron chi connectivity index (χ0n) is 15.1. The van der Waals surface area contributed by atoms with Crippen LogP contribution in [0, 0.1) is 0 Å². The van der Waals surface area contributed by atoms with Gasteiger partial charge in [0.15, 0.2) is 9.84 Å². The maximum absolute atomic E-state index is 12.7. The van der Waals surface area contributed by atoms with E-state index >= 15 is 0 Å². The van der Waals surface area contributed by atoms with Gasteiger partial charge in [0.2, 0.25) is 0 Å². The second-order valence-electron chi connectivity index (χ2n) is 6.54. The fraction of sp³-hybridized carbons (Fsp3) is 0.278. The van der Waals surface area contributed by atoms with E-state index in [1.807, 2.05) is 0 Å². The number of carbonyl (C=O) groups is 1. The van der Waals surface area contributed by atoms with Crippen molar-refractivity contribution in [1.29, 1.82) is 0 Å². The minimum atomic E-state index is -3.99. The Morgan fingerprint density at radius 1 is 0.964 bits per heavy atom. The third kappa shape index (κ3) is 4.48. The van der Waals surface area contributed by atoms with Crippen molar-refractivity contribution in [2.75, 3.05) is 24.1 Å². The molecule has 1 aliphatic heterocycles. The third-order valence-corrected chi connectivity index (χ3v) is 7.24. The van der Waals surface area contributed by atoms with Gasteiger partial charge in [0.1, 0.15) is 0 Å². The van der Waals surface area contributed by atoms with Gasteiger partial charge in [-0.1, -0.05) is 11.6 Å². The number of hydrogen-bond donors (Lipinski definition) is 1. The summed E-state index contributed by atoms with van der Waals surface area (Å²) in [5.41, 5.74) is 0.341. The highest BCUT2D eigenvalue weighted by Crippen LogP contribution is 2.25. The number of amides is 1. The zero-order valence-corrected chi connectivity index (χ0v) is 17.4. The van der Waals surface area contributed by atoms with Gasteiger partial charge in [0, 0.05) is 25.0 Å². The molecule has 0 saturated carbocycles. The molecule has 2 aromatic rings. The topological polar surface area (TPSA) is 101 Å². The highest BCUT2D eigenvalue weighted by Gasteiger charge is 2.24. The summed E-state index contributed by atoms with van der Waals surface area (Å²) < 4.78 is 50.8. The Labute approximate surface area is 169 Å². The van der Waals surface area contributed by atoms with Crippen molar-refractivity contribution < 1.29 is 21.6 Å². The number of nitrogens with zero attached hydrogens (tertiary/aromatic N) is 1. The maximum Gasteiger partial charge on any atom is 0.261 e. The van der Waals surface area contributed by atoms with E-state index < -0.39 is 19.9 Å². The van der Waals surface area contributed by atoms with Crippen LogP contribution in [0.4, 0.5) is 5.69 Å². The summed E-state index contributed by atoms with van der Waals surface area (Å²) in [5.74, 6) is -0.294. The molecular weight excluding hydrogens is 424 g/mol. The Kier molecular flexibility index (Phi) is 5.69. The first-order valence-electron chi connectivity index (χ1n) is 8.50. The van der Waals surface area contributed by atoms with Crippen molar-refractivity contribution >= 4 is 43.1 Å². The summed E-state index contributed by atoms with van der Waals surface area (Å²) in [7, 11) is -7.36. The Balaban J connectivity index is 1.87. The second kappa shape index (κ2) is 7.73. The molecule has 1 aliphatic rings. The average molecular weight is 443 g/mol. The summed E-state index contributed by atoms with van der Waals surface area (Å²) in [6.07, 6.45) is 2.89. The summed E-state index contributed by atoms with van der Waals surface area (Å²) >= 11 is 6.12. The number of carbonyl (C=O) groups excluding carboxylic acids is 1. The summed E-state index contributed by atoms with van der Waals surface area (Å²) in [6, 6.07) is 9.31. The van der Waals surface area contributed by atoms with Gasteiger partial charge in [-0.2, -0.15) is 0 Å². The number of sulfone groups is 1. The molecule has 3 rings (SSSR count). The molecule has 1 fully saturated rings. The number of likely N-dealkylation sites (tertiary alicyclic amines) is 1. The molecule has 0 aromatic heterocycles. The Morgan fingerprint density at radius 3 is 2.11 bits per heavy atom. The predicted molar refractivity (Wildman–Crippen MR) is 107 cm³/mol. The van der Waals surface area contributed by atoms with E-state index in [1.165, 1.54) is 42.5 Å². The Bertz CT molecular complexity index is 1110. The van der Waals surface area contributed by atoms with E-state index in [9.17, 15) is 21.6 Å². The van der Waals surface area contributed by atoms with Crippen LogP contribution in [0.25, 0.3) is 0 Å². The molecule has 0 aliphatic carbocycles. The average Bonchev–Trinajstić information content (AvgIpc) is 3.15. The molecular formula is C18H19ClN2O5S2. The van der Waals surface area contributed by atoms with E-state index in [1.54, 1.807) is 4.90 Å². The van der Waals surface area contributed by atoms with Crippen molar-refractivity contribution in [3.05, 3.63) is 53.1 Å². The Morgan fingerprint density at radius 2 is 1.54 bits per heavy atom. The first-order valence-corrected chi connectivity index (χ1v) is 12.2. The van der Waals surface area contributed by atoms with Crippen LogP contribution in [0.2, 0.25) is 5.02 Å². The Hall–Kier alpha value is -2.10. The molecule has 1 heterocycles. The van der Waals surface area contributed by atoms with Gasteiger partial charge in [-0.15, -0.1) is 0 Å². The first-order chi connectivity index (χ1) is 13.1. The van der Waals surface area contributed by atoms with Gasteiger partial charge >= 0.3 is 0 Å². The SMILES string of the molecule is CS(=O)(=O)c1ccc(NS(=O)(=O)c2ccc(Cl)c(C(=O)N3CCCC3)c2)cc1. The second-order valence-corrected chi connectivity index (χ2v) is 10.6. The van der Waals surface area contributed by atoms with Crippen LogP contribution in [-0.2, 0) is 19.9 Å². The molecule has 2 aromatic carbocycles. The molecule has 150 valence electrons. The molecule has 0 atom stereocenters. The molecule has 0 unspecified atom stereocenters. The lowest BCUT2D eigenvalue weighted by Crippen LogP contribution is -2.28. The van der Waals surface area contributed by atoms with Crippen LogP contribution in [0.1, 0.15) is 23.2 Å². The molecule has 1 saturated heterocycles. The lowest BCUT2D eigenvalue weighted by molar-refractivity contribution is 0.0792. The van der Waals surface area contributed by atoms with Crippen LogP contribution in [0.15, 0.2) is 52.3 Å². The fourth-order valence-corrected chi connectivity index (χ4v) is 4.82. The van der Waals surface area contributed by atoms with Gasteiger partial charge in [-0.3, -0.25) is 9.52 Å². The monoisotopic (exact) mass is 442 g/mol. The lowest BCUT2D eigenvalue weighted by Gasteiger charge is -2.17. The third-order valence-electron chi connectivity index (χ3n) is 4.41. The fourth-order valence-electron chi connectivity index (χ4n) is 2.91. The number of anilines is 1. The largest absolute Gasteiger partial charge is 0.339 e. The number of benzene rings is 2. The number of nitrogens with one attached hydrogen (secondary N) is 1. The molecule has 0 radical (unpaired) electrons. The summed E-state index contributed by atoms with van der Waals surface area (Å²) in [6.45, 7) is 1.24. The van der Waals surface area contributed by atoms with Crippen LogP contribution < -0.4 is 4.72 Å². The van der Waals surface area contributed by atoms with E-state index in [-0.39, 0.29) is 32.0 Å². The molecule has 1 amide bonds. The van der Waals surface area contributed by atoms with Gasteiger partial charge in [-0.25, -0.2) is 16.8 Å². The van der Waals surface area contributed by atoms with Gasteiger partial charge < -0.3 is 4.90 Å². The number of hydrogen-bond acceptors (Lipinski definition) is 5. The van der Waals surface area contributed by atoms with E-state index in [0.29, 0.717) is 13.1 Å². The molecule has 1 N–H and O–H groups in total. The summed E-state index contributed by atoms with van der Waals surface area (Å²) in [4.78, 5) is 14.2. The molecule has 10 heteroatoms. The molecule has 28 heavy (non-hydrogen) atoms. The quantitative estimate of drug-likeness (QED) is 0.767. The molecule has 0 bridgehead atoms. The van der Waals surface area contributed by atoms with Crippen LogP contribution in [0.3, 0.4) is 0 Å². The molecule has 0 spiro atoms. The van der Waals surface area contributed by atoms with E-state index in [2.05, 4.69) is 4.72 Å². The predicted octanol–water partition coefficient (Wildman–Crippen LogP) is 2.78. The van der Waals surface area contributed by atoms with Crippen molar-refractivity contribution in [3.63, 3.8) is 0 Å². The lowest BCUT2D eigenvalue weighted by atomic mass is 10.2. The smallest absolute Gasteiger partial charge is 0.261 e. The van der Waals surface area contributed by atoms with Crippen molar-refractivity contribution in [2.45, 2.75) is 22.6 Å². The highest BCUT2D eigenvalue weighted by molar-refractivity contribution is 7.92. The standard InChI is InChI=1S/C18H19ClN2O5S2/c1-27(23,24)14-6-4-13(5-7-14)20-28(25,26)15-8-9-17(19)16(12-15)18(22)21-10-2-3-11-21/h4-9,12,20H,2-3,10-11H2,1H3.